The van der Waals surface area contributed by atoms with Crippen LogP contribution in [0.3, 0.4) is 0 Å². The third-order valence-electron chi connectivity index (χ3n) is 6.57. The van der Waals surface area contributed by atoms with Crippen LogP contribution >= 0.6 is 0 Å². The summed E-state index contributed by atoms with van der Waals surface area (Å²) < 4.78 is 61.7. The second-order valence-electron chi connectivity index (χ2n) is 8.77. The number of piperidine rings is 1. The minimum atomic E-state index is -3.87. The topological polar surface area (TPSA) is 124 Å². The highest BCUT2D eigenvalue weighted by Gasteiger charge is 2.51. The van der Waals surface area contributed by atoms with E-state index in [-0.39, 0.29) is 48.9 Å². The minimum absolute atomic E-state index is 0.107. The number of rotatable bonds is 6. The van der Waals surface area contributed by atoms with E-state index in [9.17, 15) is 27.0 Å². The Kier molecular flexibility index (Phi) is 6.91. The van der Waals surface area contributed by atoms with Gasteiger partial charge in [-0.2, -0.15) is 8.61 Å². The standard InChI is InChI=1S/C23H30N2O7S2/c1-17(26)19-3-7-21(8-4-19)33(28,29)24-13-11-23(12-14-24)25(15-16-32-23)34(30,31)22-9-5-20(6-10-22)18(2)27/h3-10,17-18,26-27H,11-16H2,1-2H3. The van der Waals surface area contributed by atoms with Crippen molar-refractivity contribution in [3.05, 3.63) is 59.7 Å². The van der Waals surface area contributed by atoms with Crippen molar-refractivity contribution in [2.24, 2.45) is 0 Å². The third-order valence-corrected chi connectivity index (χ3v) is 10.5. The molecule has 34 heavy (non-hydrogen) atoms. The number of ether oxygens (including phenoxy) is 1. The molecule has 9 nitrogen and oxygen atoms in total. The van der Waals surface area contributed by atoms with E-state index in [1.54, 1.807) is 38.1 Å². The lowest BCUT2D eigenvalue weighted by Gasteiger charge is -2.42. The smallest absolute Gasteiger partial charge is 0.245 e. The van der Waals surface area contributed by atoms with E-state index >= 15 is 0 Å². The molecule has 11 heteroatoms. The molecule has 1 spiro atoms. The van der Waals surface area contributed by atoms with Crippen LogP contribution in [0.4, 0.5) is 0 Å². The fraction of sp³-hybridized carbons (Fsp3) is 0.478. The molecule has 2 unspecified atom stereocenters. The van der Waals surface area contributed by atoms with Crippen molar-refractivity contribution in [1.82, 2.24) is 8.61 Å². The Bertz CT molecular complexity index is 1220. The van der Waals surface area contributed by atoms with E-state index in [2.05, 4.69) is 0 Å². The zero-order chi connectivity index (χ0) is 24.7. The first-order valence-corrected chi connectivity index (χ1v) is 14.1. The molecule has 2 heterocycles. The van der Waals surface area contributed by atoms with Crippen LogP contribution in [0, 0.1) is 0 Å². The molecule has 2 atom stereocenters. The summed E-state index contributed by atoms with van der Waals surface area (Å²) in [5.41, 5.74) is 0.147. The Morgan fingerprint density at radius 3 is 1.65 bits per heavy atom. The molecule has 0 aromatic heterocycles. The van der Waals surface area contributed by atoms with Gasteiger partial charge in [0, 0.05) is 32.5 Å². The van der Waals surface area contributed by atoms with Gasteiger partial charge in [0.2, 0.25) is 20.0 Å². The van der Waals surface area contributed by atoms with Crippen molar-refractivity contribution in [2.75, 3.05) is 26.2 Å². The summed E-state index contributed by atoms with van der Waals surface area (Å²) in [6.45, 7) is 3.88. The second-order valence-corrected chi connectivity index (χ2v) is 12.6. The van der Waals surface area contributed by atoms with Crippen LogP contribution in [0.1, 0.15) is 50.0 Å². The van der Waals surface area contributed by atoms with Gasteiger partial charge in [0.15, 0.2) is 0 Å². The van der Waals surface area contributed by atoms with Gasteiger partial charge in [0.05, 0.1) is 28.6 Å². The lowest BCUT2D eigenvalue weighted by atomic mass is 10.0. The zero-order valence-corrected chi connectivity index (χ0v) is 20.8. The molecular weight excluding hydrogens is 480 g/mol. The van der Waals surface area contributed by atoms with E-state index in [4.69, 9.17) is 4.74 Å². The average Bonchev–Trinajstić information content (AvgIpc) is 3.23. The number of aliphatic hydroxyl groups is 2. The van der Waals surface area contributed by atoms with Crippen LogP contribution in [0.15, 0.2) is 58.3 Å². The van der Waals surface area contributed by atoms with Crippen molar-refractivity contribution in [1.29, 1.82) is 0 Å². The molecule has 2 N–H and O–H groups in total. The molecule has 0 aliphatic carbocycles. The number of nitrogens with zero attached hydrogens (tertiary/aromatic N) is 2. The van der Waals surface area contributed by atoms with E-state index < -0.39 is 38.0 Å². The number of benzene rings is 2. The van der Waals surface area contributed by atoms with E-state index in [1.807, 2.05) is 0 Å². The van der Waals surface area contributed by atoms with Crippen molar-refractivity contribution in [2.45, 2.75) is 54.4 Å². The summed E-state index contributed by atoms with van der Waals surface area (Å²) in [6.07, 6.45) is -0.971. The SMILES string of the molecule is CC(O)c1ccc(S(=O)(=O)N2CCC3(CC2)OCCN3S(=O)(=O)c2ccc(C(C)O)cc2)cc1. The van der Waals surface area contributed by atoms with Crippen LogP contribution in [0.25, 0.3) is 0 Å². The molecule has 2 aromatic carbocycles. The number of sulfonamides is 2. The highest BCUT2D eigenvalue weighted by molar-refractivity contribution is 7.89. The first-order valence-electron chi connectivity index (χ1n) is 11.2. The summed E-state index contributed by atoms with van der Waals surface area (Å²) in [6, 6.07) is 12.2. The summed E-state index contributed by atoms with van der Waals surface area (Å²) in [5.74, 6) is 0. The maximum atomic E-state index is 13.4. The molecule has 2 saturated heterocycles. The van der Waals surface area contributed by atoms with E-state index in [0.29, 0.717) is 11.1 Å². The molecular formula is C23H30N2O7S2. The molecule has 2 aliphatic rings. The van der Waals surface area contributed by atoms with Crippen LogP contribution < -0.4 is 0 Å². The van der Waals surface area contributed by atoms with Crippen molar-refractivity contribution in [3.8, 4) is 0 Å². The first-order chi connectivity index (χ1) is 16.0. The van der Waals surface area contributed by atoms with Crippen LogP contribution in [-0.2, 0) is 24.8 Å². The number of hydrogen-bond donors (Lipinski definition) is 2. The third kappa shape index (κ3) is 4.53. The predicted molar refractivity (Wildman–Crippen MR) is 125 cm³/mol. The van der Waals surface area contributed by atoms with Crippen molar-refractivity contribution < 1.29 is 31.8 Å². The maximum Gasteiger partial charge on any atom is 0.245 e. The molecule has 0 saturated carbocycles. The molecule has 0 bridgehead atoms. The molecule has 0 amide bonds. The van der Waals surface area contributed by atoms with Crippen LogP contribution in [-0.4, -0.2) is 67.6 Å². The van der Waals surface area contributed by atoms with Gasteiger partial charge in [-0.3, -0.25) is 0 Å². The molecule has 2 aromatic rings. The fourth-order valence-electron chi connectivity index (χ4n) is 4.52. The maximum absolute atomic E-state index is 13.4. The average molecular weight is 511 g/mol. The van der Waals surface area contributed by atoms with Gasteiger partial charge in [0.1, 0.15) is 5.72 Å². The molecule has 0 radical (unpaired) electrons. The largest absolute Gasteiger partial charge is 0.389 e. The quantitative estimate of drug-likeness (QED) is 0.609. The normalized spacial score (nSPS) is 21.5. The summed E-state index contributed by atoms with van der Waals surface area (Å²) >= 11 is 0. The van der Waals surface area contributed by atoms with Gasteiger partial charge in [-0.05, 0) is 49.2 Å². The summed E-state index contributed by atoms with van der Waals surface area (Å²) in [4.78, 5) is 0.234. The van der Waals surface area contributed by atoms with Gasteiger partial charge >= 0.3 is 0 Å². The van der Waals surface area contributed by atoms with Gasteiger partial charge in [-0.25, -0.2) is 16.8 Å². The molecule has 186 valence electrons. The van der Waals surface area contributed by atoms with E-state index in [1.165, 1.54) is 32.9 Å². The van der Waals surface area contributed by atoms with E-state index in [0.717, 1.165) is 0 Å². The highest BCUT2D eigenvalue weighted by atomic mass is 32.2. The number of aliphatic hydroxyl groups excluding tert-OH is 2. The molecule has 4 rings (SSSR count). The van der Waals surface area contributed by atoms with Gasteiger partial charge < -0.3 is 14.9 Å². The minimum Gasteiger partial charge on any atom is -0.389 e. The lowest BCUT2D eigenvalue weighted by molar-refractivity contribution is -0.0806. The Morgan fingerprint density at radius 2 is 1.21 bits per heavy atom. The van der Waals surface area contributed by atoms with Gasteiger partial charge in [-0.15, -0.1) is 0 Å². The van der Waals surface area contributed by atoms with Gasteiger partial charge in [0.25, 0.3) is 0 Å². The Balaban J connectivity index is 1.52. The summed E-state index contributed by atoms with van der Waals surface area (Å²) in [7, 11) is -7.64. The first kappa shape index (κ1) is 25.2. The Morgan fingerprint density at radius 1 is 0.765 bits per heavy atom. The van der Waals surface area contributed by atoms with Crippen LogP contribution in [0.5, 0.6) is 0 Å². The monoisotopic (exact) mass is 510 g/mol. The predicted octanol–water partition coefficient (Wildman–Crippen LogP) is 2.00. The number of hydrogen-bond acceptors (Lipinski definition) is 7. The highest BCUT2D eigenvalue weighted by Crippen LogP contribution is 2.39. The fourth-order valence-corrected chi connectivity index (χ4v) is 7.68. The summed E-state index contributed by atoms with van der Waals surface area (Å²) in [5, 5.41) is 19.3. The zero-order valence-electron chi connectivity index (χ0n) is 19.2. The molecule has 2 fully saturated rings. The lowest BCUT2D eigenvalue weighted by Crippen LogP contribution is -2.55. The molecule has 2 aliphatic heterocycles. The van der Waals surface area contributed by atoms with Crippen LogP contribution in [0.2, 0.25) is 0 Å². The Hall–Kier alpha value is -1.86. The van der Waals surface area contributed by atoms with Crippen molar-refractivity contribution >= 4 is 20.0 Å². The van der Waals surface area contributed by atoms with Crippen molar-refractivity contribution in [3.63, 3.8) is 0 Å². The second kappa shape index (κ2) is 9.30. The Labute approximate surface area is 200 Å². The van der Waals surface area contributed by atoms with Gasteiger partial charge in [-0.1, -0.05) is 24.3 Å².